The summed E-state index contributed by atoms with van der Waals surface area (Å²) in [5, 5.41) is 16.6. The molecule has 0 aliphatic rings. The molecule has 7 heteroatoms. The highest BCUT2D eigenvalue weighted by atomic mass is 16.2. The van der Waals surface area contributed by atoms with Crippen molar-refractivity contribution < 1.29 is 9.59 Å². The second-order valence-corrected chi connectivity index (χ2v) is 6.36. The molecule has 3 rings (SSSR count). The van der Waals surface area contributed by atoms with E-state index in [1.165, 1.54) is 12.5 Å². The molecule has 3 N–H and O–H groups in total. The first-order valence-electron chi connectivity index (χ1n) is 8.82. The zero-order chi connectivity index (χ0) is 19.9. The number of aromatic nitrogens is 2. The number of amides is 2. The molecule has 0 bridgehead atoms. The van der Waals surface area contributed by atoms with Crippen molar-refractivity contribution in [2.45, 2.75) is 20.4 Å². The van der Waals surface area contributed by atoms with Crippen LogP contribution in [0.1, 0.15) is 28.5 Å². The number of benzene rings is 2. The van der Waals surface area contributed by atoms with E-state index in [1.807, 2.05) is 25.1 Å². The third-order valence-electron chi connectivity index (χ3n) is 3.92. The molecule has 2 amide bonds. The fourth-order valence-corrected chi connectivity index (χ4v) is 2.60. The van der Waals surface area contributed by atoms with Crippen LogP contribution in [0.3, 0.4) is 0 Å². The summed E-state index contributed by atoms with van der Waals surface area (Å²) in [4.78, 5) is 23.3. The summed E-state index contributed by atoms with van der Waals surface area (Å²) in [5.74, 6) is 0.0888. The lowest BCUT2D eigenvalue weighted by molar-refractivity contribution is -0.114. The van der Waals surface area contributed by atoms with E-state index in [2.05, 4.69) is 32.2 Å². The van der Waals surface area contributed by atoms with Crippen LogP contribution in [0.2, 0.25) is 0 Å². The third kappa shape index (κ3) is 5.38. The number of rotatable bonds is 6. The van der Waals surface area contributed by atoms with Gasteiger partial charge in [-0.25, -0.2) is 0 Å². The van der Waals surface area contributed by atoms with Crippen molar-refractivity contribution >= 4 is 29.0 Å². The Morgan fingerprint density at radius 3 is 2.21 bits per heavy atom. The van der Waals surface area contributed by atoms with Gasteiger partial charge in [0.2, 0.25) is 5.91 Å². The van der Waals surface area contributed by atoms with Gasteiger partial charge in [0.05, 0.1) is 0 Å². The Hall–Kier alpha value is -3.74. The van der Waals surface area contributed by atoms with Crippen molar-refractivity contribution in [3.63, 3.8) is 0 Å². The SMILES string of the molecule is CC(=O)Nc1ccc(NC(=O)c2ccc(NCc3cccc(C)c3)nn2)cc1. The third-order valence-corrected chi connectivity index (χ3v) is 3.92. The zero-order valence-corrected chi connectivity index (χ0v) is 15.7. The number of nitrogens with one attached hydrogen (secondary N) is 3. The molecule has 28 heavy (non-hydrogen) atoms. The monoisotopic (exact) mass is 375 g/mol. The first-order chi connectivity index (χ1) is 13.5. The topological polar surface area (TPSA) is 96.0 Å². The van der Waals surface area contributed by atoms with Crippen molar-refractivity contribution in [1.82, 2.24) is 10.2 Å². The second kappa shape index (κ2) is 8.77. The number of hydrogen-bond donors (Lipinski definition) is 3. The van der Waals surface area contributed by atoms with E-state index in [0.717, 1.165) is 5.56 Å². The number of aryl methyl sites for hydroxylation is 1. The van der Waals surface area contributed by atoms with Crippen LogP contribution in [0.4, 0.5) is 17.2 Å². The number of anilines is 3. The number of carbonyl (C=O) groups is 2. The van der Waals surface area contributed by atoms with Gasteiger partial charge in [-0.15, -0.1) is 10.2 Å². The smallest absolute Gasteiger partial charge is 0.276 e. The Bertz CT molecular complexity index is 969. The highest BCUT2D eigenvalue weighted by Gasteiger charge is 2.09. The van der Waals surface area contributed by atoms with E-state index in [-0.39, 0.29) is 17.5 Å². The molecule has 0 spiro atoms. The van der Waals surface area contributed by atoms with Gasteiger partial charge in [-0.3, -0.25) is 9.59 Å². The van der Waals surface area contributed by atoms with Crippen LogP contribution in [0.25, 0.3) is 0 Å². The summed E-state index contributed by atoms with van der Waals surface area (Å²) < 4.78 is 0. The summed E-state index contributed by atoms with van der Waals surface area (Å²) in [6.07, 6.45) is 0. The van der Waals surface area contributed by atoms with Crippen LogP contribution in [-0.2, 0) is 11.3 Å². The first kappa shape index (κ1) is 19.0. The molecule has 7 nitrogen and oxygen atoms in total. The lowest BCUT2D eigenvalue weighted by Gasteiger charge is -2.08. The molecule has 1 aromatic heterocycles. The van der Waals surface area contributed by atoms with E-state index < -0.39 is 0 Å². The molecular formula is C21H21N5O2. The number of hydrogen-bond acceptors (Lipinski definition) is 5. The summed E-state index contributed by atoms with van der Waals surface area (Å²) in [5.41, 5.74) is 3.82. The molecule has 0 radical (unpaired) electrons. The first-order valence-corrected chi connectivity index (χ1v) is 8.82. The van der Waals surface area contributed by atoms with Crippen molar-refractivity contribution in [3.05, 3.63) is 77.5 Å². The standard InChI is InChI=1S/C21H21N5O2/c1-14-4-3-5-16(12-14)13-22-20-11-10-19(25-26-20)21(28)24-18-8-6-17(7-9-18)23-15(2)27/h3-12H,13H2,1-2H3,(H,22,26)(H,23,27)(H,24,28). The molecule has 0 saturated heterocycles. The maximum atomic E-state index is 12.3. The predicted molar refractivity (Wildman–Crippen MR) is 109 cm³/mol. The normalized spacial score (nSPS) is 10.2. The molecule has 0 aliphatic heterocycles. The van der Waals surface area contributed by atoms with Gasteiger partial charge in [-0.1, -0.05) is 29.8 Å². The van der Waals surface area contributed by atoms with Crippen LogP contribution in [0, 0.1) is 6.92 Å². The summed E-state index contributed by atoms with van der Waals surface area (Å²) in [6.45, 7) is 4.11. The van der Waals surface area contributed by atoms with Crippen LogP contribution < -0.4 is 16.0 Å². The Kier molecular flexibility index (Phi) is 5.96. The van der Waals surface area contributed by atoms with E-state index in [9.17, 15) is 9.59 Å². The fraction of sp³-hybridized carbons (Fsp3) is 0.143. The Balaban J connectivity index is 1.56. The highest BCUT2D eigenvalue weighted by Crippen LogP contribution is 2.14. The number of carbonyl (C=O) groups excluding carboxylic acids is 2. The van der Waals surface area contributed by atoms with Gasteiger partial charge >= 0.3 is 0 Å². The van der Waals surface area contributed by atoms with Crippen LogP contribution in [-0.4, -0.2) is 22.0 Å². The van der Waals surface area contributed by atoms with Crippen LogP contribution >= 0.6 is 0 Å². The summed E-state index contributed by atoms with van der Waals surface area (Å²) in [6, 6.07) is 18.3. The molecule has 2 aromatic carbocycles. The van der Waals surface area contributed by atoms with Crippen molar-refractivity contribution in [1.29, 1.82) is 0 Å². The molecule has 0 fully saturated rings. The Morgan fingerprint density at radius 2 is 1.61 bits per heavy atom. The average Bonchev–Trinajstić information content (AvgIpc) is 2.68. The number of nitrogens with zero attached hydrogens (tertiary/aromatic N) is 2. The minimum atomic E-state index is -0.356. The zero-order valence-electron chi connectivity index (χ0n) is 15.7. The van der Waals surface area contributed by atoms with Crippen molar-refractivity contribution in [2.24, 2.45) is 0 Å². The van der Waals surface area contributed by atoms with Gasteiger partial charge in [-0.2, -0.15) is 0 Å². The largest absolute Gasteiger partial charge is 0.365 e. The molecule has 3 aromatic rings. The highest BCUT2D eigenvalue weighted by molar-refractivity contribution is 6.03. The molecular weight excluding hydrogens is 354 g/mol. The summed E-state index contributed by atoms with van der Waals surface area (Å²) >= 11 is 0. The van der Waals surface area contributed by atoms with Crippen molar-refractivity contribution in [2.75, 3.05) is 16.0 Å². The molecule has 0 aliphatic carbocycles. The second-order valence-electron chi connectivity index (χ2n) is 6.36. The fourth-order valence-electron chi connectivity index (χ4n) is 2.60. The van der Waals surface area contributed by atoms with Gasteiger partial charge in [0, 0.05) is 24.8 Å². The minimum absolute atomic E-state index is 0.150. The van der Waals surface area contributed by atoms with Gasteiger partial charge in [0.15, 0.2) is 5.69 Å². The van der Waals surface area contributed by atoms with Gasteiger partial charge < -0.3 is 16.0 Å². The van der Waals surface area contributed by atoms with E-state index in [4.69, 9.17) is 0 Å². The van der Waals surface area contributed by atoms with Crippen molar-refractivity contribution in [3.8, 4) is 0 Å². The molecule has 1 heterocycles. The quantitative estimate of drug-likeness (QED) is 0.612. The summed E-state index contributed by atoms with van der Waals surface area (Å²) in [7, 11) is 0. The van der Waals surface area contributed by atoms with Crippen LogP contribution in [0.15, 0.2) is 60.7 Å². The minimum Gasteiger partial charge on any atom is -0.365 e. The molecule has 0 atom stereocenters. The average molecular weight is 375 g/mol. The predicted octanol–water partition coefficient (Wildman–Crippen LogP) is 3.61. The lowest BCUT2D eigenvalue weighted by Crippen LogP contribution is -2.15. The Labute approximate surface area is 163 Å². The maximum absolute atomic E-state index is 12.3. The van der Waals surface area contributed by atoms with Gasteiger partial charge in [0.25, 0.3) is 5.91 Å². The molecule has 0 unspecified atom stereocenters. The Morgan fingerprint density at radius 1 is 0.893 bits per heavy atom. The van der Waals surface area contributed by atoms with E-state index in [0.29, 0.717) is 23.7 Å². The van der Waals surface area contributed by atoms with E-state index >= 15 is 0 Å². The lowest BCUT2D eigenvalue weighted by atomic mass is 10.1. The van der Waals surface area contributed by atoms with E-state index in [1.54, 1.807) is 36.4 Å². The van der Waals surface area contributed by atoms with Gasteiger partial charge in [0.1, 0.15) is 5.82 Å². The van der Waals surface area contributed by atoms with Gasteiger partial charge in [-0.05, 0) is 48.9 Å². The molecule has 0 saturated carbocycles. The van der Waals surface area contributed by atoms with Crippen LogP contribution in [0.5, 0.6) is 0 Å². The molecule has 142 valence electrons. The maximum Gasteiger partial charge on any atom is 0.276 e.